The van der Waals surface area contributed by atoms with Crippen LogP contribution in [0.15, 0.2) is 91.0 Å². The smallest absolute Gasteiger partial charge is 0.255 e. The van der Waals surface area contributed by atoms with Gasteiger partial charge in [-0.15, -0.1) is 0 Å². The van der Waals surface area contributed by atoms with Gasteiger partial charge in [0.15, 0.2) is 0 Å². The van der Waals surface area contributed by atoms with E-state index >= 15 is 0 Å². The van der Waals surface area contributed by atoms with Crippen molar-refractivity contribution in [1.29, 1.82) is 0 Å². The van der Waals surface area contributed by atoms with Gasteiger partial charge in [-0.05, 0) is 45.5 Å². The lowest BCUT2D eigenvalue weighted by Crippen LogP contribution is -2.40. The summed E-state index contributed by atoms with van der Waals surface area (Å²) in [6.45, 7) is 2.94. The fourth-order valence-electron chi connectivity index (χ4n) is 4.95. The van der Waals surface area contributed by atoms with E-state index in [-0.39, 0.29) is 17.7 Å². The van der Waals surface area contributed by atoms with Crippen molar-refractivity contribution in [2.24, 2.45) is 0 Å². The molecular weight excluding hydrogens is 436 g/mol. The van der Waals surface area contributed by atoms with Gasteiger partial charge in [0.1, 0.15) is 11.8 Å². The summed E-state index contributed by atoms with van der Waals surface area (Å²) in [5.41, 5.74) is 3.41. The summed E-state index contributed by atoms with van der Waals surface area (Å²) in [7, 11) is 1.57. The number of nitrogens with one attached hydrogen (secondary N) is 1. The molecule has 4 aromatic carbocycles. The molecule has 1 heterocycles. The number of carbonyl (C=O) groups is 2. The highest BCUT2D eigenvalue weighted by molar-refractivity contribution is 6.05. The highest BCUT2D eigenvalue weighted by Gasteiger charge is 2.41. The van der Waals surface area contributed by atoms with Gasteiger partial charge in [-0.25, -0.2) is 0 Å². The zero-order chi connectivity index (χ0) is 24.4. The molecule has 2 atom stereocenters. The van der Waals surface area contributed by atoms with Crippen molar-refractivity contribution >= 4 is 22.6 Å². The summed E-state index contributed by atoms with van der Waals surface area (Å²) in [4.78, 5) is 28.8. The van der Waals surface area contributed by atoms with E-state index in [9.17, 15) is 9.59 Å². The molecule has 176 valence electrons. The highest BCUT2D eigenvalue weighted by atomic mass is 16.5. The molecular formula is C30H28N2O3. The first-order chi connectivity index (χ1) is 17.1. The average Bonchev–Trinajstić information content (AvgIpc) is 3.18. The molecule has 0 saturated carbocycles. The number of fused-ring (bicyclic) bond motifs is 2. The largest absolute Gasteiger partial charge is 0.497 e. The van der Waals surface area contributed by atoms with Crippen molar-refractivity contribution in [3.8, 4) is 5.75 Å². The van der Waals surface area contributed by atoms with Gasteiger partial charge in [0.05, 0.1) is 7.11 Å². The number of hydrogen-bond acceptors (Lipinski definition) is 3. The minimum Gasteiger partial charge on any atom is -0.497 e. The number of hydrogen-bond donors (Lipinski definition) is 1. The molecule has 0 bridgehead atoms. The number of methoxy groups -OCH3 is 1. The van der Waals surface area contributed by atoms with Crippen molar-refractivity contribution in [3.05, 3.63) is 113 Å². The summed E-state index contributed by atoms with van der Waals surface area (Å²) < 4.78 is 5.35. The van der Waals surface area contributed by atoms with Crippen LogP contribution in [0.1, 0.15) is 45.9 Å². The van der Waals surface area contributed by atoms with Gasteiger partial charge in [-0.3, -0.25) is 9.59 Å². The zero-order valence-corrected chi connectivity index (χ0v) is 19.9. The molecule has 0 saturated heterocycles. The second-order valence-electron chi connectivity index (χ2n) is 8.99. The third-order valence-electron chi connectivity index (χ3n) is 6.74. The molecule has 2 amide bonds. The van der Waals surface area contributed by atoms with E-state index in [2.05, 4.69) is 36.5 Å². The molecule has 4 aromatic rings. The summed E-state index contributed by atoms with van der Waals surface area (Å²) in [6, 6.07) is 29.0. The van der Waals surface area contributed by atoms with Gasteiger partial charge in [-0.2, -0.15) is 0 Å². The van der Waals surface area contributed by atoms with Crippen LogP contribution < -0.4 is 10.1 Å². The quantitative estimate of drug-likeness (QED) is 0.395. The zero-order valence-electron chi connectivity index (χ0n) is 19.9. The van der Waals surface area contributed by atoms with Crippen LogP contribution in [-0.4, -0.2) is 30.4 Å². The molecule has 0 aliphatic carbocycles. The molecule has 1 aliphatic heterocycles. The topological polar surface area (TPSA) is 58.6 Å². The van der Waals surface area contributed by atoms with E-state index in [0.717, 1.165) is 16.5 Å². The van der Waals surface area contributed by atoms with Crippen LogP contribution in [0.25, 0.3) is 10.8 Å². The highest BCUT2D eigenvalue weighted by Crippen LogP contribution is 2.38. The molecule has 1 N–H and O–H groups in total. The maximum absolute atomic E-state index is 13.6. The van der Waals surface area contributed by atoms with Crippen LogP contribution in [-0.2, 0) is 11.3 Å². The van der Waals surface area contributed by atoms with Crippen LogP contribution in [0, 0.1) is 0 Å². The van der Waals surface area contributed by atoms with Crippen molar-refractivity contribution in [1.82, 2.24) is 10.2 Å². The Kier molecular flexibility index (Phi) is 6.23. The summed E-state index contributed by atoms with van der Waals surface area (Å²) in [6.07, 6.45) is 0. The second-order valence-corrected chi connectivity index (χ2v) is 8.99. The van der Waals surface area contributed by atoms with Gasteiger partial charge in [0.2, 0.25) is 5.91 Å². The Morgan fingerprint density at radius 1 is 0.971 bits per heavy atom. The SMILES string of the molecule is COc1ccc2c(c1)C(=O)N(CC(C)c1cccc3ccccc13)C2C(=O)NCc1ccccc1. The molecule has 5 heteroatoms. The standard InChI is InChI=1S/C30H28N2O3/c1-20(24-14-8-12-22-11-6-7-13-25(22)24)19-32-28(29(33)31-18-21-9-4-3-5-10-21)26-16-15-23(35-2)17-27(26)30(32)34/h3-17,20,28H,18-19H2,1-2H3,(H,31,33). The van der Waals surface area contributed by atoms with Gasteiger partial charge in [-0.1, -0.05) is 85.8 Å². The van der Waals surface area contributed by atoms with Crippen LogP contribution in [0.5, 0.6) is 5.75 Å². The summed E-state index contributed by atoms with van der Waals surface area (Å²) in [5, 5.41) is 5.37. The normalized spacial score (nSPS) is 15.7. The third kappa shape index (κ3) is 4.37. The Labute approximate surface area is 205 Å². The summed E-state index contributed by atoms with van der Waals surface area (Å²) in [5.74, 6) is 0.303. The van der Waals surface area contributed by atoms with Crippen LogP contribution in [0.4, 0.5) is 0 Å². The first-order valence-corrected chi connectivity index (χ1v) is 11.8. The Morgan fingerprint density at radius 3 is 2.51 bits per heavy atom. The number of rotatable bonds is 7. The van der Waals surface area contributed by atoms with Crippen LogP contribution >= 0.6 is 0 Å². The van der Waals surface area contributed by atoms with E-state index < -0.39 is 6.04 Å². The molecule has 0 fully saturated rings. The van der Waals surface area contributed by atoms with E-state index in [1.807, 2.05) is 54.6 Å². The first-order valence-electron chi connectivity index (χ1n) is 11.8. The van der Waals surface area contributed by atoms with E-state index in [1.54, 1.807) is 24.1 Å². The van der Waals surface area contributed by atoms with Gasteiger partial charge in [0, 0.05) is 18.7 Å². The van der Waals surface area contributed by atoms with E-state index in [0.29, 0.717) is 30.0 Å². The molecule has 1 aliphatic rings. The van der Waals surface area contributed by atoms with Gasteiger partial charge >= 0.3 is 0 Å². The van der Waals surface area contributed by atoms with Crippen molar-refractivity contribution < 1.29 is 14.3 Å². The number of nitrogens with zero attached hydrogens (tertiary/aromatic N) is 1. The first kappa shape index (κ1) is 22.7. The van der Waals surface area contributed by atoms with Gasteiger partial charge in [0.25, 0.3) is 5.91 Å². The lowest BCUT2D eigenvalue weighted by molar-refractivity contribution is -0.125. The fourth-order valence-corrected chi connectivity index (χ4v) is 4.95. The number of ether oxygens (including phenoxy) is 1. The second kappa shape index (κ2) is 9.63. The third-order valence-corrected chi connectivity index (χ3v) is 6.74. The van der Waals surface area contributed by atoms with Crippen LogP contribution in [0.3, 0.4) is 0 Å². The molecule has 0 spiro atoms. The average molecular weight is 465 g/mol. The maximum Gasteiger partial charge on any atom is 0.255 e. The summed E-state index contributed by atoms with van der Waals surface area (Å²) >= 11 is 0. The van der Waals surface area contributed by atoms with Crippen molar-refractivity contribution in [3.63, 3.8) is 0 Å². The molecule has 5 rings (SSSR count). The Balaban J connectivity index is 1.46. The van der Waals surface area contributed by atoms with Crippen molar-refractivity contribution in [2.45, 2.75) is 25.4 Å². The number of benzene rings is 4. The van der Waals surface area contributed by atoms with E-state index in [4.69, 9.17) is 4.74 Å². The molecule has 5 nitrogen and oxygen atoms in total. The minimum absolute atomic E-state index is 0.0330. The maximum atomic E-state index is 13.6. The predicted molar refractivity (Wildman–Crippen MR) is 137 cm³/mol. The predicted octanol–water partition coefficient (Wildman–Crippen LogP) is 5.47. The molecule has 2 unspecified atom stereocenters. The molecule has 0 radical (unpaired) electrons. The Hall–Kier alpha value is -4.12. The molecule has 0 aromatic heterocycles. The van der Waals surface area contributed by atoms with E-state index in [1.165, 1.54) is 5.39 Å². The van der Waals surface area contributed by atoms with Crippen LogP contribution in [0.2, 0.25) is 0 Å². The number of amides is 2. The van der Waals surface area contributed by atoms with Gasteiger partial charge < -0.3 is 15.0 Å². The monoisotopic (exact) mass is 464 g/mol. The lowest BCUT2D eigenvalue weighted by atomic mass is 9.94. The Bertz CT molecular complexity index is 1380. The lowest BCUT2D eigenvalue weighted by Gasteiger charge is -2.28. The van der Waals surface area contributed by atoms with Crippen molar-refractivity contribution in [2.75, 3.05) is 13.7 Å². The molecule has 35 heavy (non-hydrogen) atoms. The number of carbonyl (C=O) groups excluding carboxylic acids is 2. The minimum atomic E-state index is -0.690. The fraction of sp³-hybridized carbons (Fsp3) is 0.200. The Morgan fingerprint density at radius 2 is 1.71 bits per heavy atom.